The second kappa shape index (κ2) is 12.7. The number of alkyl halides is 2. The molecule has 4 heterocycles. The van der Waals surface area contributed by atoms with Gasteiger partial charge >= 0.3 is 0 Å². The zero-order valence-corrected chi connectivity index (χ0v) is 25.2. The van der Waals surface area contributed by atoms with E-state index in [1.54, 1.807) is 12.1 Å². The van der Waals surface area contributed by atoms with Gasteiger partial charge in [0.25, 0.3) is 6.43 Å². The first-order valence-corrected chi connectivity index (χ1v) is 17.7. The molecule has 0 unspecified atom stereocenters. The van der Waals surface area contributed by atoms with E-state index in [4.69, 9.17) is 19.4 Å². The molecule has 1 aromatic carbocycles. The molecular weight excluding hydrogens is 542 g/mol. The number of rotatable bonds is 11. The van der Waals surface area contributed by atoms with E-state index in [0.29, 0.717) is 37.2 Å². The second-order valence-corrected chi connectivity index (χ2v) is 17.4. The molecule has 0 amide bonds. The van der Waals surface area contributed by atoms with Crippen LogP contribution in [0.2, 0.25) is 25.7 Å². The molecule has 8 nitrogen and oxygen atoms in total. The summed E-state index contributed by atoms with van der Waals surface area (Å²) in [6.07, 6.45) is -0.630. The smallest absolute Gasteiger partial charge is 0.280 e. The van der Waals surface area contributed by atoms with Gasteiger partial charge in [0.15, 0.2) is 5.82 Å². The quantitative estimate of drug-likeness (QED) is 0.153. The van der Waals surface area contributed by atoms with Gasteiger partial charge in [-0.3, -0.25) is 4.90 Å². The van der Waals surface area contributed by atoms with Gasteiger partial charge < -0.3 is 18.9 Å². The van der Waals surface area contributed by atoms with Crippen LogP contribution in [-0.4, -0.2) is 77.2 Å². The third-order valence-corrected chi connectivity index (χ3v) is 8.86. The van der Waals surface area contributed by atoms with Crippen molar-refractivity contribution < 1.29 is 18.3 Å². The number of pyridine rings is 1. The predicted molar refractivity (Wildman–Crippen MR) is 159 cm³/mol. The molecule has 1 aliphatic rings. The average Bonchev–Trinajstić information content (AvgIpc) is 3.29. The lowest BCUT2D eigenvalue weighted by Crippen LogP contribution is -2.43. The summed E-state index contributed by atoms with van der Waals surface area (Å²) in [5, 5.41) is 0.787. The van der Waals surface area contributed by atoms with Gasteiger partial charge in [-0.05, 0) is 42.9 Å². The maximum absolute atomic E-state index is 13.5. The summed E-state index contributed by atoms with van der Waals surface area (Å²) in [5.41, 5.74) is 1.60. The molecule has 0 bridgehead atoms. The monoisotopic (exact) mass is 580 g/mol. The van der Waals surface area contributed by atoms with Gasteiger partial charge in [0.1, 0.15) is 29.5 Å². The Hall–Kier alpha value is -3.25. The lowest BCUT2D eigenvalue weighted by Gasteiger charge is -2.32. The second-order valence-electron chi connectivity index (χ2n) is 11.8. The number of benzene rings is 1. The number of fused-ring (bicyclic) bond motifs is 1. The van der Waals surface area contributed by atoms with E-state index < -0.39 is 14.5 Å². The fourth-order valence-electron chi connectivity index (χ4n) is 4.72. The van der Waals surface area contributed by atoms with Crippen LogP contribution in [0, 0.1) is 0 Å². The predicted octanol–water partition coefficient (Wildman–Crippen LogP) is 6.28. The molecule has 1 aliphatic heterocycles. The SMILES string of the molecule is CN1CCN(Cc2cn(COCC[Si](C)(C)C)c3nc(-c4cccc(C(F)F)n4)nc(Oc4ccccc4)c23)CC1. The number of hydrogen-bond donors (Lipinski definition) is 0. The van der Waals surface area contributed by atoms with Crippen LogP contribution in [0.15, 0.2) is 54.7 Å². The molecule has 0 aliphatic carbocycles. The van der Waals surface area contributed by atoms with Crippen LogP contribution in [0.4, 0.5) is 8.78 Å². The number of piperazine rings is 1. The van der Waals surface area contributed by atoms with Crippen molar-refractivity contribution in [2.24, 2.45) is 0 Å². The van der Waals surface area contributed by atoms with Crippen molar-refractivity contribution in [3.8, 4) is 23.1 Å². The zero-order chi connectivity index (χ0) is 29.0. The summed E-state index contributed by atoms with van der Waals surface area (Å²) in [6.45, 7) is 12.6. The van der Waals surface area contributed by atoms with E-state index in [9.17, 15) is 8.78 Å². The number of para-hydroxylation sites is 1. The summed E-state index contributed by atoms with van der Waals surface area (Å²) >= 11 is 0. The molecular formula is C30H38F2N6O2Si. The highest BCUT2D eigenvalue weighted by atomic mass is 28.3. The number of halogens is 2. The minimum atomic E-state index is -2.70. The Kier molecular flexibility index (Phi) is 9.08. The molecule has 11 heteroatoms. The topological polar surface area (TPSA) is 68.5 Å². The largest absolute Gasteiger partial charge is 0.438 e. The number of likely N-dealkylation sites (N-methyl/N-ethyl adjacent to an activating group) is 1. The minimum Gasteiger partial charge on any atom is -0.438 e. The molecule has 3 aromatic heterocycles. The van der Waals surface area contributed by atoms with Gasteiger partial charge in [0, 0.05) is 53.6 Å². The highest BCUT2D eigenvalue weighted by Gasteiger charge is 2.24. The van der Waals surface area contributed by atoms with Crippen molar-refractivity contribution >= 4 is 19.1 Å². The van der Waals surface area contributed by atoms with Crippen LogP contribution in [0.25, 0.3) is 22.6 Å². The minimum absolute atomic E-state index is 0.221. The number of aromatic nitrogens is 4. The van der Waals surface area contributed by atoms with E-state index in [-0.39, 0.29) is 17.2 Å². The fourth-order valence-corrected chi connectivity index (χ4v) is 5.48. The lowest BCUT2D eigenvalue weighted by atomic mass is 10.2. The van der Waals surface area contributed by atoms with Crippen LogP contribution in [0.3, 0.4) is 0 Å². The Morgan fingerprint density at radius 3 is 2.39 bits per heavy atom. The van der Waals surface area contributed by atoms with Crippen molar-refractivity contribution in [1.82, 2.24) is 29.3 Å². The lowest BCUT2D eigenvalue weighted by molar-refractivity contribution is 0.0896. The van der Waals surface area contributed by atoms with Gasteiger partial charge in [-0.1, -0.05) is 43.9 Å². The van der Waals surface area contributed by atoms with E-state index in [1.807, 2.05) is 34.9 Å². The Morgan fingerprint density at radius 1 is 0.927 bits per heavy atom. The molecule has 0 N–H and O–H groups in total. The first-order valence-electron chi connectivity index (χ1n) is 14.0. The van der Waals surface area contributed by atoms with Crippen LogP contribution < -0.4 is 4.74 Å². The van der Waals surface area contributed by atoms with Crippen LogP contribution in [0.1, 0.15) is 17.7 Å². The van der Waals surface area contributed by atoms with Crippen LogP contribution >= 0.6 is 0 Å². The highest BCUT2D eigenvalue weighted by Crippen LogP contribution is 2.35. The first kappa shape index (κ1) is 29.2. The molecule has 218 valence electrons. The Bertz CT molecular complexity index is 1450. The Morgan fingerprint density at radius 2 is 1.68 bits per heavy atom. The highest BCUT2D eigenvalue weighted by molar-refractivity contribution is 6.76. The van der Waals surface area contributed by atoms with Gasteiger partial charge in [-0.15, -0.1) is 0 Å². The molecule has 5 rings (SSSR count). The van der Waals surface area contributed by atoms with Gasteiger partial charge in [-0.25, -0.2) is 18.7 Å². The number of nitrogens with zero attached hydrogens (tertiary/aromatic N) is 6. The molecule has 0 saturated carbocycles. The van der Waals surface area contributed by atoms with Crippen LogP contribution in [0.5, 0.6) is 11.6 Å². The fraction of sp³-hybridized carbons (Fsp3) is 0.433. The summed E-state index contributed by atoms with van der Waals surface area (Å²) in [7, 11) is 0.879. The normalized spacial score (nSPS) is 15.2. The van der Waals surface area contributed by atoms with Gasteiger partial charge in [-0.2, -0.15) is 4.98 Å². The third kappa shape index (κ3) is 7.53. The average molecular weight is 581 g/mol. The van der Waals surface area contributed by atoms with E-state index in [1.165, 1.54) is 6.07 Å². The molecule has 0 spiro atoms. The van der Waals surface area contributed by atoms with Gasteiger partial charge in [0.05, 0.1) is 5.39 Å². The molecule has 1 fully saturated rings. The third-order valence-electron chi connectivity index (χ3n) is 7.16. The number of hydrogen-bond acceptors (Lipinski definition) is 7. The zero-order valence-electron chi connectivity index (χ0n) is 24.2. The molecule has 0 radical (unpaired) electrons. The van der Waals surface area contributed by atoms with Crippen LogP contribution in [-0.2, 0) is 18.0 Å². The Balaban J connectivity index is 1.60. The van der Waals surface area contributed by atoms with Crippen molar-refractivity contribution in [2.45, 2.75) is 45.4 Å². The maximum atomic E-state index is 13.5. The van der Waals surface area contributed by atoms with E-state index in [0.717, 1.165) is 43.2 Å². The van der Waals surface area contributed by atoms with E-state index >= 15 is 0 Å². The summed E-state index contributed by atoms with van der Waals surface area (Å²) in [5.74, 6) is 1.21. The Labute approximate surface area is 241 Å². The molecule has 0 atom stereocenters. The van der Waals surface area contributed by atoms with Crippen molar-refractivity contribution in [1.29, 1.82) is 0 Å². The first-order chi connectivity index (χ1) is 19.7. The summed E-state index contributed by atoms with van der Waals surface area (Å²) < 4.78 is 41.5. The maximum Gasteiger partial charge on any atom is 0.280 e. The summed E-state index contributed by atoms with van der Waals surface area (Å²) in [6, 6.07) is 15.0. The standard InChI is InChI=1S/C30H38F2N6O2Si/c1-36-13-15-37(16-14-36)19-22-20-38(21-39-17-18-41(2,3)4)29-26(22)30(40-23-9-6-5-7-10-23)35-28(34-29)25-12-8-11-24(33-25)27(31)32/h5-12,20,27H,13-19,21H2,1-4H3. The molecule has 41 heavy (non-hydrogen) atoms. The van der Waals surface area contributed by atoms with Gasteiger partial charge in [0.2, 0.25) is 5.88 Å². The van der Waals surface area contributed by atoms with E-state index in [2.05, 4.69) is 47.7 Å². The molecule has 1 saturated heterocycles. The molecule has 4 aromatic rings. The van der Waals surface area contributed by atoms with Crippen molar-refractivity contribution in [2.75, 3.05) is 39.8 Å². The van der Waals surface area contributed by atoms with Crippen molar-refractivity contribution in [3.63, 3.8) is 0 Å². The summed E-state index contributed by atoms with van der Waals surface area (Å²) in [4.78, 5) is 18.5. The van der Waals surface area contributed by atoms with Crippen molar-refractivity contribution in [3.05, 3.63) is 66.0 Å². The number of ether oxygens (including phenoxy) is 2.